The lowest BCUT2D eigenvalue weighted by Gasteiger charge is -2.34. The van der Waals surface area contributed by atoms with Crippen molar-refractivity contribution in [1.82, 2.24) is 14.8 Å². The van der Waals surface area contributed by atoms with Crippen LogP contribution in [-0.4, -0.2) is 60.1 Å². The smallest absolute Gasteiger partial charge is 0.246 e. The second-order valence-electron chi connectivity index (χ2n) is 13.0. The van der Waals surface area contributed by atoms with Crippen LogP contribution >= 0.6 is 24.0 Å². The van der Waals surface area contributed by atoms with E-state index in [9.17, 15) is 9.18 Å². The van der Waals surface area contributed by atoms with Gasteiger partial charge in [-0.3, -0.25) is 9.69 Å². The van der Waals surface area contributed by atoms with E-state index in [0.29, 0.717) is 54.5 Å². The van der Waals surface area contributed by atoms with Gasteiger partial charge >= 0.3 is 0 Å². The van der Waals surface area contributed by atoms with Gasteiger partial charge in [-0.1, -0.05) is 65.7 Å². The molecular formula is C43H44Cl2FN3O4. The van der Waals surface area contributed by atoms with Gasteiger partial charge in [-0.25, -0.2) is 9.37 Å². The predicted octanol–water partition coefficient (Wildman–Crippen LogP) is 9.31. The van der Waals surface area contributed by atoms with Crippen LogP contribution in [0.5, 0.6) is 23.1 Å². The van der Waals surface area contributed by atoms with Crippen molar-refractivity contribution in [2.75, 3.05) is 39.4 Å². The zero-order valence-corrected chi connectivity index (χ0v) is 31.5. The molecule has 276 valence electrons. The number of halogens is 3. The Balaban J connectivity index is 0.00000541. The van der Waals surface area contributed by atoms with Crippen molar-refractivity contribution in [2.24, 2.45) is 0 Å². The molecule has 0 aliphatic carbocycles. The molecule has 4 aromatic carbocycles. The minimum atomic E-state index is -0.272. The monoisotopic (exact) mass is 755 g/mol. The fraction of sp³-hybridized carbons (Fsp3) is 0.256. The van der Waals surface area contributed by atoms with Gasteiger partial charge < -0.3 is 19.1 Å². The summed E-state index contributed by atoms with van der Waals surface area (Å²) in [5, 5.41) is 0.437. The van der Waals surface area contributed by atoms with Gasteiger partial charge in [0.2, 0.25) is 11.8 Å². The number of aromatic nitrogens is 1. The summed E-state index contributed by atoms with van der Waals surface area (Å²) in [4.78, 5) is 21.7. The Labute approximate surface area is 322 Å². The van der Waals surface area contributed by atoms with Crippen LogP contribution in [0.3, 0.4) is 0 Å². The molecule has 7 nitrogen and oxygen atoms in total. The number of rotatable bonds is 14. The summed E-state index contributed by atoms with van der Waals surface area (Å²) in [6.45, 7) is 8.85. The molecule has 1 saturated heterocycles. The maximum Gasteiger partial charge on any atom is 0.246 e. The highest BCUT2D eigenvalue weighted by atomic mass is 35.5. The average Bonchev–Trinajstić information content (AvgIpc) is 3.15. The van der Waals surface area contributed by atoms with E-state index in [1.807, 2.05) is 24.0 Å². The second kappa shape index (κ2) is 19.3. The van der Waals surface area contributed by atoms with E-state index in [-0.39, 0.29) is 24.1 Å². The summed E-state index contributed by atoms with van der Waals surface area (Å²) in [6, 6.07) is 30.4. The van der Waals surface area contributed by atoms with Crippen molar-refractivity contribution in [1.29, 1.82) is 0 Å². The Morgan fingerprint density at radius 1 is 0.792 bits per heavy atom. The van der Waals surface area contributed by atoms with Gasteiger partial charge in [0.05, 0.1) is 24.4 Å². The van der Waals surface area contributed by atoms with Crippen molar-refractivity contribution in [3.8, 4) is 23.1 Å². The molecular weight excluding hydrogens is 712 g/mol. The van der Waals surface area contributed by atoms with Gasteiger partial charge in [-0.05, 0) is 90.2 Å². The first-order valence-corrected chi connectivity index (χ1v) is 17.9. The fourth-order valence-corrected chi connectivity index (χ4v) is 6.24. The molecule has 1 aliphatic heterocycles. The summed E-state index contributed by atoms with van der Waals surface area (Å²) >= 11 is 6.63. The largest absolute Gasteiger partial charge is 0.493 e. The zero-order chi connectivity index (χ0) is 36.3. The van der Waals surface area contributed by atoms with Crippen LogP contribution in [0.15, 0.2) is 109 Å². The lowest BCUT2D eigenvalue weighted by molar-refractivity contribution is -0.127. The molecule has 1 amide bonds. The van der Waals surface area contributed by atoms with Gasteiger partial charge in [0, 0.05) is 57.7 Å². The summed E-state index contributed by atoms with van der Waals surface area (Å²) < 4.78 is 30.7. The maximum absolute atomic E-state index is 13.1. The van der Waals surface area contributed by atoms with E-state index >= 15 is 0 Å². The lowest BCUT2D eigenvalue weighted by Crippen LogP contribution is -2.47. The number of amides is 1. The number of carbonyl (C=O) groups excluding carboxylic acids is 1. The summed E-state index contributed by atoms with van der Waals surface area (Å²) in [6.07, 6.45) is 6.64. The molecule has 0 bridgehead atoms. The van der Waals surface area contributed by atoms with Crippen molar-refractivity contribution < 1.29 is 23.4 Å². The molecule has 6 rings (SSSR count). The molecule has 1 aliphatic rings. The number of nitrogens with zero attached hydrogens (tertiary/aromatic N) is 3. The molecule has 0 radical (unpaired) electrons. The number of ether oxygens (including phenoxy) is 3. The van der Waals surface area contributed by atoms with E-state index in [0.717, 1.165) is 43.6 Å². The number of piperazine rings is 1. The molecule has 0 unspecified atom stereocenters. The van der Waals surface area contributed by atoms with E-state index in [2.05, 4.69) is 65.3 Å². The third-order valence-corrected chi connectivity index (χ3v) is 9.23. The molecule has 53 heavy (non-hydrogen) atoms. The Hall–Kier alpha value is -4.89. The Kier molecular flexibility index (Phi) is 14.3. The summed E-state index contributed by atoms with van der Waals surface area (Å²) in [7, 11) is 0. The average molecular weight is 757 g/mol. The SMILES string of the molecule is Cc1ccc(CCOc2ccc(Oc3c(C)cc(/C=C/C(=O)N4CCN(Cc5ccc(CCOc6ccc(F)cc6)cc5)CC4)cc3Cl)nc2)cc1.Cl. The molecule has 0 spiro atoms. The van der Waals surface area contributed by atoms with Crippen molar-refractivity contribution in [3.05, 3.63) is 154 Å². The van der Waals surface area contributed by atoms with Crippen LogP contribution < -0.4 is 14.2 Å². The standard InChI is InChI=1S/C43H43ClFN3O4.ClH/c1-31-3-5-33(6-4-31)20-26-51-39-16-17-41(46-29-39)52-43-32(2)27-36(28-40(43)44)11-18-42(49)48-23-21-47(22-24-48)30-35-9-7-34(8-10-35)19-25-50-38-14-12-37(45)13-15-38;/h3-18,27-29H,19-26,30H2,1-2H3;1H/b18-11+;. The van der Waals surface area contributed by atoms with Gasteiger partial charge in [-0.2, -0.15) is 0 Å². The molecule has 1 fully saturated rings. The number of hydrogen-bond donors (Lipinski definition) is 0. The molecule has 2 heterocycles. The number of hydrogen-bond acceptors (Lipinski definition) is 6. The van der Waals surface area contributed by atoms with Gasteiger partial charge in [0.25, 0.3) is 0 Å². The van der Waals surface area contributed by atoms with Gasteiger partial charge in [-0.15, -0.1) is 12.4 Å². The van der Waals surface area contributed by atoms with E-state index in [4.69, 9.17) is 25.8 Å². The van der Waals surface area contributed by atoms with Crippen molar-refractivity contribution in [2.45, 2.75) is 33.2 Å². The maximum atomic E-state index is 13.1. The number of carbonyl (C=O) groups is 1. The Bertz CT molecular complexity index is 1920. The quantitative estimate of drug-likeness (QED) is 0.105. The van der Waals surface area contributed by atoms with E-state index in [1.165, 1.54) is 34.4 Å². The number of aryl methyl sites for hydroxylation is 2. The van der Waals surface area contributed by atoms with Crippen molar-refractivity contribution >= 4 is 36.0 Å². The molecule has 1 aromatic heterocycles. The Morgan fingerprint density at radius 2 is 1.40 bits per heavy atom. The van der Waals surface area contributed by atoms with E-state index < -0.39 is 0 Å². The topological polar surface area (TPSA) is 64.1 Å². The molecule has 0 saturated carbocycles. The predicted molar refractivity (Wildman–Crippen MR) is 211 cm³/mol. The Morgan fingerprint density at radius 3 is 2.02 bits per heavy atom. The zero-order valence-electron chi connectivity index (χ0n) is 30.0. The highest BCUT2D eigenvalue weighted by Crippen LogP contribution is 2.34. The van der Waals surface area contributed by atoms with Gasteiger partial charge in [0.1, 0.15) is 17.3 Å². The van der Waals surface area contributed by atoms with Crippen LogP contribution in [-0.2, 0) is 24.2 Å². The molecule has 0 atom stereocenters. The van der Waals surface area contributed by atoms with Gasteiger partial charge in [0.15, 0.2) is 5.75 Å². The summed E-state index contributed by atoms with van der Waals surface area (Å²) in [5.74, 6) is 1.97. The minimum absolute atomic E-state index is 0. The first-order chi connectivity index (χ1) is 25.3. The molecule has 10 heteroatoms. The van der Waals surface area contributed by atoms with Crippen LogP contribution in [0.25, 0.3) is 6.08 Å². The third-order valence-electron chi connectivity index (χ3n) is 8.95. The number of pyridine rings is 1. The third kappa shape index (κ3) is 11.8. The molecule has 0 N–H and O–H groups in total. The van der Waals surface area contributed by atoms with E-state index in [1.54, 1.807) is 42.6 Å². The normalized spacial score (nSPS) is 13.1. The minimum Gasteiger partial charge on any atom is -0.493 e. The van der Waals surface area contributed by atoms with Crippen LogP contribution in [0.4, 0.5) is 4.39 Å². The van der Waals surface area contributed by atoms with Crippen LogP contribution in [0, 0.1) is 19.7 Å². The fourth-order valence-electron chi connectivity index (χ4n) is 5.93. The lowest BCUT2D eigenvalue weighted by atomic mass is 10.1. The van der Waals surface area contributed by atoms with Crippen LogP contribution in [0.1, 0.15) is 33.4 Å². The first kappa shape index (κ1) is 39.3. The van der Waals surface area contributed by atoms with Crippen LogP contribution in [0.2, 0.25) is 5.02 Å². The van der Waals surface area contributed by atoms with Crippen molar-refractivity contribution in [3.63, 3.8) is 0 Å². The summed E-state index contributed by atoms with van der Waals surface area (Å²) in [5.41, 5.74) is 6.53. The number of benzene rings is 4. The second-order valence-corrected chi connectivity index (χ2v) is 13.4. The highest BCUT2D eigenvalue weighted by molar-refractivity contribution is 6.32. The first-order valence-electron chi connectivity index (χ1n) is 17.6. The molecule has 5 aromatic rings. The highest BCUT2D eigenvalue weighted by Gasteiger charge is 2.20.